The number of nitrogens with one attached hydrogen (secondary N) is 1. The van der Waals surface area contributed by atoms with E-state index in [0.29, 0.717) is 6.04 Å². The fourth-order valence-corrected chi connectivity index (χ4v) is 5.55. The number of hydrogen-bond acceptors (Lipinski definition) is 3. The molecule has 4 nitrogen and oxygen atoms in total. The van der Waals surface area contributed by atoms with E-state index in [-0.39, 0.29) is 0 Å². The molecule has 0 radical (unpaired) electrons. The Hall–Kier alpha value is -3.92. The molecule has 1 N–H and O–H groups in total. The second kappa shape index (κ2) is 9.38. The maximum atomic E-state index is 4.92. The summed E-state index contributed by atoms with van der Waals surface area (Å²) in [4.78, 5) is 9.70. The van der Waals surface area contributed by atoms with E-state index >= 15 is 0 Å². The third kappa shape index (κ3) is 4.10. The van der Waals surface area contributed by atoms with Gasteiger partial charge in [0.2, 0.25) is 0 Å². The number of aryl methyl sites for hydroxylation is 1. The molecule has 0 unspecified atom stereocenters. The van der Waals surface area contributed by atoms with Gasteiger partial charge >= 0.3 is 0 Å². The molecule has 1 aliphatic rings. The molecule has 174 valence electrons. The monoisotopic (exact) mass is 458 g/mol. The van der Waals surface area contributed by atoms with Crippen molar-refractivity contribution in [3.8, 4) is 22.4 Å². The lowest BCUT2D eigenvalue weighted by Gasteiger charge is -2.26. The molecule has 0 atom stereocenters. The maximum Gasteiger partial charge on any atom is 0.146 e. The highest BCUT2D eigenvalue weighted by molar-refractivity contribution is 6.09. The standard InChI is InChI=1S/C31H30N4/c1-22-12-11-17-25(20-22)34-30-28-27(23-13-5-2-6-14-23)29(24-15-7-3-8-16-24)35(31(28)33-21-32-30)26-18-9-4-10-19-26/h2-3,5-8,11-17,20-21,26H,4,9-10,18-19H2,1H3,(H,32,33,34). The summed E-state index contributed by atoms with van der Waals surface area (Å²) in [7, 11) is 0. The summed E-state index contributed by atoms with van der Waals surface area (Å²) < 4.78 is 2.52. The van der Waals surface area contributed by atoms with Crippen molar-refractivity contribution < 1.29 is 0 Å². The van der Waals surface area contributed by atoms with E-state index in [9.17, 15) is 0 Å². The van der Waals surface area contributed by atoms with Crippen LogP contribution < -0.4 is 5.32 Å². The molecular formula is C31H30N4. The van der Waals surface area contributed by atoms with Crippen LogP contribution in [0.2, 0.25) is 0 Å². The lowest BCUT2D eigenvalue weighted by atomic mass is 9.94. The van der Waals surface area contributed by atoms with Crippen molar-refractivity contribution >= 4 is 22.5 Å². The van der Waals surface area contributed by atoms with E-state index in [4.69, 9.17) is 9.97 Å². The number of hydrogen-bond donors (Lipinski definition) is 1. The summed E-state index contributed by atoms with van der Waals surface area (Å²) in [5.74, 6) is 0.853. The predicted molar refractivity (Wildman–Crippen MR) is 145 cm³/mol. The van der Waals surface area contributed by atoms with Crippen molar-refractivity contribution in [2.45, 2.75) is 45.1 Å². The summed E-state index contributed by atoms with van der Waals surface area (Å²) in [6, 6.07) is 30.4. The van der Waals surface area contributed by atoms with E-state index in [1.54, 1.807) is 6.33 Å². The van der Waals surface area contributed by atoms with E-state index in [1.165, 1.54) is 60.1 Å². The van der Waals surface area contributed by atoms with Crippen LogP contribution in [0.3, 0.4) is 0 Å². The molecule has 3 aromatic carbocycles. The second-order valence-corrected chi connectivity index (χ2v) is 9.53. The lowest BCUT2D eigenvalue weighted by Crippen LogP contribution is -2.14. The van der Waals surface area contributed by atoms with Gasteiger partial charge in [0.05, 0.1) is 11.1 Å². The molecule has 2 heterocycles. The van der Waals surface area contributed by atoms with Crippen LogP contribution >= 0.6 is 0 Å². The van der Waals surface area contributed by atoms with E-state index in [0.717, 1.165) is 22.5 Å². The normalized spacial score (nSPS) is 14.3. The van der Waals surface area contributed by atoms with Gasteiger partial charge in [-0.3, -0.25) is 0 Å². The molecule has 0 aliphatic heterocycles. The van der Waals surface area contributed by atoms with Crippen molar-refractivity contribution in [2.75, 3.05) is 5.32 Å². The van der Waals surface area contributed by atoms with Gasteiger partial charge in [-0.25, -0.2) is 9.97 Å². The Labute approximate surface area is 206 Å². The Morgan fingerprint density at radius 3 is 2.20 bits per heavy atom. The van der Waals surface area contributed by atoms with Crippen molar-refractivity contribution in [1.29, 1.82) is 0 Å². The minimum Gasteiger partial charge on any atom is -0.340 e. The lowest BCUT2D eigenvalue weighted by molar-refractivity contribution is 0.362. The Morgan fingerprint density at radius 2 is 1.49 bits per heavy atom. The first-order valence-electron chi connectivity index (χ1n) is 12.6. The van der Waals surface area contributed by atoms with Gasteiger partial charge in [-0.05, 0) is 48.6 Å². The fourth-order valence-electron chi connectivity index (χ4n) is 5.55. The largest absolute Gasteiger partial charge is 0.340 e. The van der Waals surface area contributed by atoms with E-state index in [1.807, 2.05) is 0 Å². The first-order valence-corrected chi connectivity index (χ1v) is 12.6. The van der Waals surface area contributed by atoms with Gasteiger partial charge < -0.3 is 9.88 Å². The van der Waals surface area contributed by atoms with Gasteiger partial charge in [0.25, 0.3) is 0 Å². The molecule has 1 aliphatic carbocycles. The fraction of sp³-hybridized carbons (Fsp3) is 0.226. The Bertz CT molecular complexity index is 1450. The molecular weight excluding hydrogens is 428 g/mol. The molecule has 1 fully saturated rings. The van der Waals surface area contributed by atoms with Gasteiger partial charge in [-0.2, -0.15) is 0 Å². The second-order valence-electron chi connectivity index (χ2n) is 9.53. The Kier molecular flexibility index (Phi) is 5.79. The highest BCUT2D eigenvalue weighted by Gasteiger charge is 2.28. The number of aromatic nitrogens is 3. The van der Waals surface area contributed by atoms with Crippen LogP contribution in [0.25, 0.3) is 33.4 Å². The average Bonchev–Trinajstić information content (AvgIpc) is 3.26. The zero-order valence-electron chi connectivity index (χ0n) is 20.1. The summed E-state index contributed by atoms with van der Waals surface area (Å²) in [5.41, 5.74) is 8.12. The summed E-state index contributed by atoms with van der Waals surface area (Å²) in [6.07, 6.45) is 7.92. The molecule has 1 saturated carbocycles. The Balaban J connectivity index is 1.68. The third-order valence-electron chi connectivity index (χ3n) is 7.11. The van der Waals surface area contributed by atoms with Crippen molar-refractivity contribution in [3.05, 3.63) is 96.8 Å². The van der Waals surface area contributed by atoms with Gasteiger partial charge in [-0.15, -0.1) is 0 Å². The molecule has 4 heteroatoms. The highest BCUT2D eigenvalue weighted by Crippen LogP contribution is 2.46. The molecule has 0 spiro atoms. The topological polar surface area (TPSA) is 42.7 Å². The molecule has 0 bridgehead atoms. The zero-order valence-corrected chi connectivity index (χ0v) is 20.1. The first kappa shape index (κ1) is 21.6. The summed E-state index contributed by atoms with van der Waals surface area (Å²) >= 11 is 0. The average molecular weight is 459 g/mol. The van der Waals surface area contributed by atoms with Crippen LogP contribution in [0, 0.1) is 6.92 Å². The van der Waals surface area contributed by atoms with Crippen LogP contribution in [0.4, 0.5) is 11.5 Å². The van der Waals surface area contributed by atoms with Gasteiger partial charge in [0.15, 0.2) is 0 Å². The van der Waals surface area contributed by atoms with Crippen molar-refractivity contribution in [2.24, 2.45) is 0 Å². The number of nitrogens with zero attached hydrogens (tertiary/aromatic N) is 3. The van der Waals surface area contributed by atoms with Gasteiger partial charge in [-0.1, -0.05) is 92.1 Å². The highest BCUT2D eigenvalue weighted by atomic mass is 15.1. The van der Waals surface area contributed by atoms with Crippen LogP contribution in [0.1, 0.15) is 43.7 Å². The summed E-state index contributed by atoms with van der Waals surface area (Å²) in [6.45, 7) is 2.11. The minimum atomic E-state index is 0.431. The smallest absolute Gasteiger partial charge is 0.146 e. The SMILES string of the molecule is Cc1cccc(Nc2ncnc3c2c(-c2ccccc2)c(-c2ccccc2)n3C2CCCCC2)c1. The van der Waals surface area contributed by atoms with Crippen LogP contribution in [-0.2, 0) is 0 Å². The molecule has 6 rings (SSSR count). The van der Waals surface area contributed by atoms with E-state index in [2.05, 4.69) is 102 Å². The maximum absolute atomic E-state index is 4.92. The number of rotatable bonds is 5. The minimum absolute atomic E-state index is 0.431. The number of benzene rings is 3. The molecule has 2 aromatic heterocycles. The predicted octanol–water partition coefficient (Wildman–Crippen LogP) is 8.32. The first-order chi connectivity index (χ1) is 17.3. The molecule has 5 aromatic rings. The number of anilines is 2. The van der Waals surface area contributed by atoms with Crippen LogP contribution in [0.5, 0.6) is 0 Å². The quantitative estimate of drug-likeness (QED) is 0.288. The molecule has 0 saturated heterocycles. The molecule has 35 heavy (non-hydrogen) atoms. The third-order valence-corrected chi connectivity index (χ3v) is 7.11. The van der Waals surface area contributed by atoms with Crippen LogP contribution in [0.15, 0.2) is 91.3 Å². The van der Waals surface area contributed by atoms with E-state index < -0.39 is 0 Å². The van der Waals surface area contributed by atoms with Crippen molar-refractivity contribution in [3.63, 3.8) is 0 Å². The Morgan fingerprint density at radius 1 is 0.771 bits per heavy atom. The van der Waals surface area contributed by atoms with Gasteiger partial charge in [0, 0.05) is 17.3 Å². The zero-order chi connectivity index (χ0) is 23.6. The van der Waals surface area contributed by atoms with Crippen molar-refractivity contribution in [1.82, 2.24) is 14.5 Å². The molecule has 0 amide bonds. The number of fused-ring (bicyclic) bond motifs is 1. The van der Waals surface area contributed by atoms with Crippen LogP contribution in [-0.4, -0.2) is 14.5 Å². The summed E-state index contributed by atoms with van der Waals surface area (Å²) in [5, 5.41) is 4.72. The van der Waals surface area contributed by atoms with Gasteiger partial charge in [0.1, 0.15) is 17.8 Å².